The van der Waals surface area contributed by atoms with E-state index >= 15 is 0 Å². The average molecular weight is 412 g/mol. The SMILES string of the molecule is Cc1ccc(NC(=S)Nc2ccc(C)c(S(=O)(=O)Nc3ccccc3)c2)cc1. The fraction of sp³-hybridized carbons (Fsp3) is 0.0952. The molecule has 7 heteroatoms. The summed E-state index contributed by atoms with van der Waals surface area (Å²) in [6, 6.07) is 21.7. The predicted octanol–water partition coefficient (Wildman–Crippen LogP) is 4.91. The number of sulfonamides is 1. The molecule has 144 valence electrons. The number of nitrogens with one attached hydrogen (secondary N) is 3. The minimum absolute atomic E-state index is 0.194. The third-order valence-corrected chi connectivity index (χ3v) is 5.80. The minimum Gasteiger partial charge on any atom is -0.332 e. The van der Waals surface area contributed by atoms with Crippen molar-refractivity contribution >= 4 is 44.4 Å². The largest absolute Gasteiger partial charge is 0.332 e. The van der Waals surface area contributed by atoms with Gasteiger partial charge in [0.05, 0.1) is 4.90 Å². The van der Waals surface area contributed by atoms with Gasteiger partial charge in [0.25, 0.3) is 10.0 Å². The molecule has 3 rings (SSSR count). The van der Waals surface area contributed by atoms with Gasteiger partial charge in [0.15, 0.2) is 5.11 Å². The van der Waals surface area contributed by atoms with Gasteiger partial charge in [0, 0.05) is 17.1 Å². The quantitative estimate of drug-likeness (QED) is 0.520. The molecule has 0 radical (unpaired) electrons. The summed E-state index contributed by atoms with van der Waals surface area (Å²) in [6.45, 7) is 3.77. The van der Waals surface area contributed by atoms with E-state index in [0.717, 1.165) is 11.3 Å². The maximum absolute atomic E-state index is 12.8. The van der Waals surface area contributed by atoms with Gasteiger partial charge in [-0.15, -0.1) is 0 Å². The van der Waals surface area contributed by atoms with Gasteiger partial charge in [-0.05, 0) is 68.0 Å². The molecule has 3 aromatic carbocycles. The molecule has 0 saturated heterocycles. The number of rotatable bonds is 5. The monoisotopic (exact) mass is 411 g/mol. The standard InChI is InChI=1S/C21H21N3O2S2/c1-15-8-11-17(12-9-15)22-21(27)23-19-13-10-16(2)20(14-19)28(25,26)24-18-6-4-3-5-7-18/h3-14,24H,1-2H3,(H2,22,23,27). The van der Waals surface area contributed by atoms with Crippen LogP contribution < -0.4 is 15.4 Å². The van der Waals surface area contributed by atoms with Gasteiger partial charge in [-0.2, -0.15) is 0 Å². The Balaban J connectivity index is 1.77. The molecule has 3 N–H and O–H groups in total. The first-order valence-corrected chi connectivity index (χ1v) is 10.6. The summed E-state index contributed by atoms with van der Waals surface area (Å²) in [5, 5.41) is 6.50. The molecule has 0 aliphatic rings. The zero-order valence-electron chi connectivity index (χ0n) is 15.6. The number of hydrogen-bond acceptors (Lipinski definition) is 3. The van der Waals surface area contributed by atoms with E-state index in [2.05, 4.69) is 15.4 Å². The van der Waals surface area contributed by atoms with E-state index in [4.69, 9.17) is 12.2 Å². The summed E-state index contributed by atoms with van der Waals surface area (Å²) in [5.74, 6) is 0. The number of aryl methyl sites for hydroxylation is 2. The Hall–Kier alpha value is -2.90. The molecule has 0 aliphatic heterocycles. The smallest absolute Gasteiger partial charge is 0.262 e. The van der Waals surface area contributed by atoms with Crippen LogP contribution in [-0.2, 0) is 10.0 Å². The van der Waals surface area contributed by atoms with Crippen molar-refractivity contribution in [2.75, 3.05) is 15.4 Å². The molecule has 0 fully saturated rings. The van der Waals surface area contributed by atoms with E-state index in [1.807, 2.05) is 37.3 Å². The fourth-order valence-corrected chi connectivity index (χ4v) is 4.18. The van der Waals surface area contributed by atoms with Crippen molar-refractivity contribution in [2.45, 2.75) is 18.7 Å². The van der Waals surface area contributed by atoms with Crippen molar-refractivity contribution < 1.29 is 8.42 Å². The topological polar surface area (TPSA) is 70.2 Å². The summed E-state index contributed by atoms with van der Waals surface area (Å²) in [6.07, 6.45) is 0. The highest BCUT2D eigenvalue weighted by Gasteiger charge is 2.18. The molecule has 0 heterocycles. The van der Waals surface area contributed by atoms with Gasteiger partial charge in [0.2, 0.25) is 0 Å². The van der Waals surface area contributed by atoms with Crippen molar-refractivity contribution in [1.82, 2.24) is 0 Å². The third kappa shape index (κ3) is 5.09. The highest BCUT2D eigenvalue weighted by atomic mass is 32.2. The summed E-state index contributed by atoms with van der Waals surface area (Å²) in [4.78, 5) is 0.194. The van der Waals surface area contributed by atoms with Crippen molar-refractivity contribution in [3.8, 4) is 0 Å². The second-order valence-electron chi connectivity index (χ2n) is 6.40. The first kappa shape index (κ1) is 19.9. The Kier molecular flexibility index (Phi) is 5.96. The molecule has 0 bridgehead atoms. The van der Waals surface area contributed by atoms with Gasteiger partial charge in [-0.3, -0.25) is 4.72 Å². The molecule has 0 atom stereocenters. The first-order chi connectivity index (χ1) is 13.3. The van der Waals surface area contributed by atoms with E-state index in [9.17, 15) is 8.42 Å². The molecule has 0 aliphatic carbocycles. The second-order valence-corrected chi connectivity index (χ2v) is 8.46. The molecule has 0 amide bonds. The number of benzene rings is 3. The van der Waals surface area contributed by atoms with Crippen molar-refractivity contribution in [3.05, 3.63) is 83.9 Å². The van der Waals surface area contributed by atoms with E-state index in [0.29, 0.717) is 22.1 Å². The molecule has 0 aromatic heterocycles. The van der Waals surface area contributed by atoms with E-state index < -0.39 is 10.0 Å². The summed E-state index contributed by atoms with van der Waals surface area (Å²) in [7, 11) is -3.72. The van der Waals surface area contributed by atoms with E-state index in [1.54, 1.807) is 49.4 Å². The van der Waals surface area contributed by atoms with Crippen molar-refractivity contribution in [1.29, 1.82) is 0 Å². The molecule has 0 unspecified atom stereocenters. The zero-order valence-corrected chi connectivity index (χ0v) is 17.2. The fourth-order valence-electron chi connectivity index (χ4n) is 2.61. The molecule has 28 heavy (non-hydrogen) atoms. The van der Waals surface area contributed by atoms with Crippen LogP contribution in [0.3, 0.4) is 0 Å². The van der Waals surface area contributed by atoms with Crippen LogP contribution >= 0.6 is 12.2 Å². The molecule has 5 nitrogen and oxygen atoms in total. The Morgan fingerprint density at radius 3 is 2.07 bits per heavy atom. The molecule has 0 saturated carbocycles. The minimum atomic E-state index is -3.72. The Labute approximate surface area is 170 Å². The second kappa shape index (κ2) is 8.41. The molecular weight excluding hydrogens is 390 g/mol. The lowest BCUT2D eigenvalue weighted by Gasteiger charge is -2.14. The maximum Gasteiger partial charge on any atom is 0.262 e. The Morgan fingerprint density at radius 2 is 1.39 bits per heavy atom. The van der Waals surface area contributed by atoms with E-state index in [-0.39, 0.29) is 4.90 Å². The van der Waals surface area contributed by atoms with Crippen LogP contribution in [0.2, 0.25) is 0 Å². The molecule has 0 spiro atoms. The normalized spacial score (nSPS) is 10.9. The zero-order chi connectivity index (χ0) is 20.1. The van der Waals surface area contributed by atoms with Gasteiger partial charge < -0.3 is 10.6 Å². The van der Waals surface area contributed by atoms with Crippen molar-refractivity contribution in [2.24, 2.45) is 0 Å². The Morgan fingerprint density at radius 1 is 0.786 bits per heavy atom. The molecular formula is C21H21N3O2S2. The van der Waals surface area contributed by atoms with Crippen LogP contribution in [0.5, 0.6) is 0 Å². The van der Waals surface area contributed by atoms with Crippen LogP contribution in [0.15, 0.2) is 77.7 Å². The number of para-hydroxylation sites is 1. The lowest BCUT2D eigenvalue weighted by molar-refractivity contribution is 0.600. The lowest BCUT2D eigenvalue weighted by Crippen LogP contribution is -2.20. The summed E-state index contributed by atoms with van der Waals surface area (Å²) < 4.78 is 28.2. The van der Waals surface area contributed by atoms with Crippen LogP contribution in [0, 0.1) is 13.8 Å². The molecule has 3 aromatic rings. The first-order valence-electron chi connectivity index (χ1n) is 8.67. The van der Waals surface area contributed by atoms with Crippen LogP contribution in [0.4, 0.5) is 17.1 Å². The Bertz CT molecular complexity index is 1080. The van der Waals surface area contributed by atoms with Crippen molar-refractivity contribution in [3.63, 3.8) is 0 Å². The number of hydrogen-bond donors (Lipinski definition) is 3. The van der Waals surface area contributed by atoms with Crippen LogP contribution in [0.1, 0.15) is 11.1 Å². The van der Waals surface area contributed by atoms with Gasteiger partial charge >= 0.3 is 0 Å². The number of anilines is 3. The van der Waals surface area contributed by atoms with E-state index in [1.165, 1.54) is 0 Å². The maximum atomic E-state index is 12.8. The average Bonchev–Trinajstić information content (AvgIpc) is 2.65. The van der Waals surface area contributed by atoms with Crippen LogP contribution in [0.25, 0.3) is 0 Å². The predicted molar refractivity (Wildman–Crippen MR) is 119 cm³/mol. The summed E-state index contributed by atoms with van der Waals surface area (Å²) >= 11 is 5.34. The van der Waals surface area contributed by atoms with Gasteiger partial charge in [0.1, 0.15) is 0 Å². The number of thiocarbonyl (C=S) groups is 1. The highest BCUT2D eigenvalue weighted by Crippen LogP contribution is 2.23. The van der Waals surface area contributed by atoms with Gasteiger partial charge in [-0.25, -0.2) is 8.42 Å². The van der Waals surface area contributed by atoms with Crippen LogP contribution in [-0.4, -0.2) is 13.5 Å². The third-order valence-electron chi connectivity index (χ3n) is 4.07. The lowest BCUT2D eigenvalue weighted by atomic mass is 10.2. The summed E-state index contributed by atoms with van der Waals surface area (Å²) in [5.41, 5.74) is 3.75. The van der Waals surface area contributed by atoms with Gasteiger partial charge in [-0.1, -0.05) is 42.0 Å². The highest BCUT2D eigenvalue weighted by molar-refractivity contribution is 7.92.